The van der Waals surface area contributed by atoms with Gasteiger partial charge in [-0.15, -0.1) is 0 Å². The van der Waals surface area contributed by atoms with Crippen molar-refractivity contribution in [3.8, 4) is 0 Å². The van der Waals surface area contributed by atoms with Crippen LogP contribution in [0.5, 0.6) is 0 Å². The van der Waals surface area contributed by atoms with Crippen LogP contribution in [0.15, 0.2) is 24.0 Å². The van der Waals surface area contributed by atoms with E-state index >= 15 is 0 Å². The van der Waals surface area contributed by atoms with Gasteiger partial charge in [-0.2, -0.15) is 0 Å². The predicted molar refractivity (Wildman–Crippen MR) is 38.3 cm³/mol. The number of hydrogen-bond acceptors (Lipinski definition) is 1. The molecule has 0 radical (unpaired) electrons. The Morgan fingerprint density at radius 1 is 1.56 bits per heavy atom. The van der Waals surface area contributed by atoms with Crippen molar-refractivity contribution in [2.24, 2.45) is 0 Å². The summed E-state index contributed by atoms with van der Waals surface area (Å²) in [4.78, 5) is 0. The SMILES string of the molecule is C=C(O)C1=CCCCC1. The zero-order valence-electron chi connectivity index (χ0n) is 5.56. The predicted octanol–water partition coefficient (Wildman–Crippen LogP) is 2.56. The molecule has 0 aromatic carbocycles. The molecular formula is C8H12O. The summed E-state index contributed by atoms with van der Waals surface area (Å²) >= 11 is 0. The second-order valence-corrected chi connectivity index (χ2v) is 2.42. The van der Waals surface area contributed by atoms with Crippen molar-refractivity contribution in [3.05, 3.63) is 24.0 Å². The van der Waals surface area contributed by atoms with Crippen LogP contribution in [0.2, 0.25) is 0 Å². The molecule has 1 aliphatic carbocycles. The lowest BCUT2D eigenvalue weighted by Gasteiger charge is -2.09. The molecule has 50 valence electrons. The van der Waals surface area contributed by atoms with Crippen molar-refractivity contribution >= 4 is 0 Å². The molecule has 9 heavy (non-hydrogen) atoms. The van der Waals surface area contributed by atoms with E-state index in [0.717, 1.165) is 18.4 Å². The Bertz CT molecular complexity index is 145. The van der Waals surface area contributed by atoms with E-state index in [2.05, 4.69) is 12.7 Å². The minimum Gasteiger partial charge on any atom is -0.508 e. The summed E-state index contributed by atoms with van der Waals surface area (Å²) < 4.78 is 0. The number of hydrogen-bond donors (Lipinski definition) is 1. The van der Waals surface area contributed by atoms with Gasteiger partial charge in [-0.05, 0) is 31.3 Å². The van der Waals surface area contributed by atoms with E-state index in [1.54, 1.807) is 0 Å². The molecule has 0 aromatic heterocycles. The van der Waals surface area contributed by atoms with Gasteiger partial charge < -0.3 is 5.11 Å². The molecule has 0 aliphatic heterocycles. The quantitative estimate of drug-likeness (QED) is 0.532. The normalized spacial score (nSPS) is 18.9. The lowest BCUT2D eigenvalue weighted by molar-refractivity contribution is 0.417. The van der Waals surface area contributed by atoms with Crippen molar-refractivity contribution in [3.63, 3.8) is 0 Å². The fourth-order valence-corrected chi connectivity index (χ4v) is 1.10. The summed E-state index contributed by atoms with van der Waals surface area (Å²) in [7, 11) is 0. The van der Waals surface area contributed by atoms with Crippen LogP contribution in [0, 0.1) is 0 Å². The lowest BCUT2D eigenvalue weighted by atomic mass is 9.99. The minimum absolute atomic E-state index is 0.259. The second-order valence-electron chi connectivity index (χ2n) is 2.42. The van der Waals surface area contributed by atoms with E-state index in [0.29, 0.717) is 0 Å². The molecule has 0 saturated heterocycles. The van der Waals surface area contributed by atoms with E-state index < -0.39 is 0 Å². The van der Waals surface area contributed by atoms with Gasteiger partial charge in [-0.1, -0.05) is 12.7 Å². The molecule has 0 unspecified atom stereocenters. The maximum absolute atomic E-state index is 8.91. The lowest BCUT2D eigenvalue weighted by Crippen LogP contribution is -1.93. The minimum atomic E-state index is 0.259. The van der Waals surface area contributed by atoms with Gasteiger partial charge >= 0.3 is 0 Å². The standard InChI is InChI=1S/C8H12O/c1-7(9)8-5-3-2-4-6-8/h5,9H,1-4,6H2. The van der Waals surface area contributed by atoms with Crippen LogP contribution in [-0.2, 0) is 0 Å². The zero-order valence-corrected chi connectivity index (χ0v) is 5.56. The van der Waals surface area contributed by atoms with Crippen molar-refractivity contribution in [1.29, 1.82) is 0 Å². The molecule has 1 rings (SSSR count). The molecule has 1 nitrogen and oxygen atoms in total. The van der Waals surface area contributed by atoms with Gasteiger partial charge in [0.15, 0.2) is 0 Å². The van der Waals surface area contributed by atoms with E-state index in [9.17, 15) is 0 Å². The monoisotopic (exact) mass is 124 g/mol. The van der Waals surface area contributed by atoms with Crippen LogP contribution in [0.1, 0.15) is 25.7 Å². The first-order valence-corrected chi connectivity index (χ1v) is 3.38. The average Bonchev–Trinajstić information content (AvgIpc) is 1.90. The van der Waals surface area contributed by atoms with Crippen LogP contribution in [0.25, 0.3) is 0 Å². The third-order valence-corrected chi connectivity index (χ3v) is 1.66. The molecule has 0 bridgehead atoms. The topological polar surface area (TPSA) is 20.2 Å². The summed E-state index contributed by atoms with van der Waals surface area (Å²) in [6.45, 7) is 3.47. The Balaban J connectivity index is 2.57. The Labute approximate surface area is 55.7 Å². The Kier molecular flexibility index (Phi) is 1.93. The van der Waals surface area contributed by atoms with Crippen molar-refractivity contribution in [2.75, 3.05) is 0 Å². The second kappa shape index (κ2) is 2.72. The fraction of sp³-hybridized carbons (Fsp3) is 0.500. The number of allylic oxidation sites excluding steroid dienone is 2. The molecular weight excluding hydrogens is 112 g/mol. The molecule has 0 heterocycles. The zero-order chi connectivity index (χ0) is 6.69. The van der Waals surface area contributed by atoms with Gasteiger partial charge in [-0.25, -0.2) is 0 Å². The first-order chi connectivity index (χ1) is 4.30. The van der Waals surface area contributed by atoms with Crippen molar-refractivity contribution in [2.45, 2.75) is 25.7 Å². The largest absolute Gasteiger partial charge is 0.508 e. The van der Waals surface area contributed by atoms with Gasteiger partial charge in [0.05, 0.1) is 0 Å². The van der Waals surface area contributed by atoms with E-state index in [-0.39, 0.29) is 5.76 Å². The summed E-state index contributed by atoms with van der Waals surface area (Å²) in [5.41, 5.74) is 1.04. The highest BCUT2D eigenvalue weighted by Crippen LogP contribution is 2.20. The highest BCUT2D eigenvalue weighted by atomic mass is 16.3. The molecule has 0 fully saturated rings. The number of aliphatic hydroxyl groups is 1. The third-order valence-electron chi connectivity index (χ3n) is 1.66. The molecule has 1 aliphatic rings. The van der Waals surface area contributed by atoms with E-state index in [1.165, 1.54) is 12.8 Å². The van der Waals surface area contributed by atoms with Gasteiger partial charge in [-0.3, -0.25) is 0 Å². The van der Waals surface area contributed by atoms with Crippen LogP contribution >= 0.6 is 0 Å². The van der Waals surface area contributed by atoms with Crippen molar-refractivity contribution < 1.29 is 5.11 Å². The van der Waals surface area contributed by atoms with Gasteiger partial charge in [0.2, 0.25) is 0 Å². The Hall–Kier alpha value is -0.720. The summed E-state index contributed by atoms with van der Waals surface area (Å²) in [6, 6.07) is 0. The van der Waals surface area contributed by atoms with Crippen LogP contribution in [0.3, 0.4) is 0 Å². The van der Waals surface area contributed by atoms with Gasteiger partial charge in [0.25, 0.3) is 0 Å². The molecule has 0 saturated carbocycles. The van der Waals surface area contributed by atoms with Crippen LogP contribution in [-0.4, -0.2) is 5.11 Å². The number of aliphatic hydroxyl groups excluding tert-OH is 1. The molecule has 1 heteroatoms. The molecule has 0 atom stereocenters. The summed E-state index contributed by atoms with van der Waals surface area (Å²) in [5.74, 6) is 0.259. The summed E-state index contributed by atoms with van der Waals surface area (Å²) in [5, 5.41) is 8.91. The first kappa shape index (κ1) is 6.40. The third kappa shape index (κ3) is 1.60. The average molecular weight is 124 g/mol. The Morgan fingerprint density at radius 3 is 2.67 bits per heavy atom. The highest BCUT2D eigenvalue weighted by molar-refractivity contribution is 5.22. The maximum atomic E-state index is 8.91. The smallest absolute Gasteiger partial charge is 0.111 e. The maximum Gasteiger partial charge on any atom is 0.111 e. The first-order valence-electron chi connectivity index (χ1n) is 3.38. The van der Waals surface area contributed by atoms with E-state index in [1.807, 2.05) is 0 Å². The molecule has 0 spiro atoms. The van der Waals surface area contributed by atoms with E-state index in [4.69, 9.17) is 5.11 Å². The van der Waals surface area contributed by atoms with Crippen molar-refractivity contribution in [1.82, 2.24) is 0 Å². The molecule has 0 aromatic rings. The Morgan fingerprint density at radius 2 is 2.33 bits per heavy atom. The van der Waals surface area contributed by atoms with Gasteiger partial charge in [0.1, 0.15) is 5.76 Å². The molecule has 0 amide bonds. The van der Waals surface area contributed by atoms with Crippen LogP contribution in [0.4, 0.5) is 0 Å². The number of rotatable bonds is 1. The summed E-state index contributed by atoms with van der Waals surface area (Å²) in [6.07, 6.45) is 6.65. The highest BCUT2D eigenvalue weighted by Gasteiger charge is 2.04. The molecule has 1 N–H and O–H groups in total. The fourth-order valence-electron chi connectivity index (χ4n) is 1.10. The van der Waals surface area contributed by atoms with Crippen LogP contribution < -0.4 is 0 Å². The van der Waals surface area contributed by atoms with Gasteiger partial charge in [0, 0.05) is 0 Å².